The van der Waals surface area contributed by atoms with Gasteiger partial charge in [-0.3, -0.25) is 9.58 Å². The summed E-state index contributed by atoms with van der Waals surface area (Å²) >= 11 is 0. The van der Waals surface area contributed by atoms with Gasteiger partial charge in [-0.1, -0.05) is 6.92 Å². The van der Waals surface area contributed by atoms with Crippen LogP contribution in [0.15, 0.2) is 12.5 Å². The Balaban J connectivity index is 1.68. The molecule has 0 saturated carbocycles. The molecule has 0 aliphatic carbocycles. The maximum Gasteiger partial charge on any atom is 0.137 e. The summed E-state index contributed by atoms with van der Waals surface area (Å²) in [7, 11) is 1.99. The van der Waals surface area contributed by atoms with E-state index < -0.39 is 0 Å². The van der Waals surface area contributed by atoms with E-state index in [1.54, 1.807) is 0 Å². The van der Waals surface area contributed by atoms with Crippen LogP contribution < -0.4 is 0 Å². The van der Waals surface area contributed by atoms with Gasteiger partial charge in [0.1, 0.15) is 12.2 Å². The van der Waals surface area contributed by atoms with Crippen molar-refractivity contribution in [3.63, 3.8) is 0 Å². The fraction of sp³-hybridized carbons (Fsp3) is 0.688. The first-order valence-electron chi connectivity index (χ1n) is 8.26. The lowest BCUT2D eigenvalue weighted by Crippen LogP contribution is -2.35. The maximum absolute atomic E-state index is 4.45. The lowest BCUT2D eigenvalue weighted by Gasteiger charge is -2.32. The van der Waals surface area contributed by atoms with E-state index in [0.717, 1.165) is 44.1 Å². The van der Waals surface area contributed by atoms with Crippen LogP contribution in [0.4, 0.5) is 0 Å². The Bertz CT molecular complexity index is 614. The van der Waals surface area contributed by atoms with Gasteiger partial charge in [-0.25, -0.2) is 0 Å². The molecule has 0 spiro atoms. The van der Waals surface area contributed by atoms with E-state index in [4.69, 9.17) is 0 Å². The molecule has 0 unspecified atom stereocenters. The van der Waals surface area contributed by atoms with Gasteiger partial charge >= 0.3 is 0 Å². The molecule has 120 valence electrons. The molecule has 3 heterocycles. The summed E-state index contributed by atoms with van der Waals surface area (Å²) in [4.78, 5) is 2.53. The van der Waals surface area contributed by atoms with Gasteiger partial charge in [0.15, 0.2) is 0 Å². The van der Waals surface area contributed by atoms with Gasteiger partial charge in [-0.2, -0.15) is 5.10 Å². The molecular weight excluding hydrogens is 276 g/mol. The quantitative estimate of drug-likeness (QED) is 0.849. The van der Waals surface area contributed by atoms with E-state index in [2.05, 4.69) is 44.8 Å². The molecule has 0 bridgehead atoms. The van der Waals surface area contributed by atoms with Crippen molar-refractivity contribution in [2.45, 2.75) is 52.1 Å². The molecular formula is C16H26N6. The van der Waals surface area contributed by atoms with Crippen LogP contribution in [0.25, 0.3) is 0 Å². The molecule has 1 atom stereocenters. The molecule has 3 rings (SSSR count). The highest BCUT2D eigenvalue weighted by molar-refractivity contribution is 5.15. The van der Waals surface area contributed by atoms with Crippen molar-refractivity contribution in [2.24, 2.45) is 7.05 Å². The summed E-state index contributed by atoms with van der Waals surface area (Å²) in [6, 6.07) is 0. The second-order valence-corrected chi connectivity index (χ2v) is 6.37. The Hall–Kier alpha value is -1.69. The molecule has 1 fully saturated rings. The number of hydrogen-bond acceptors (Lipinski definition) is 4. The number of rotatable bonds is 5. The first-order valence-corrected chi connectivity index (χ1v) is 8.26. The van der Waals surface area contributed by atoms with E-state index >= 15 is 0 Å². The summed E-state index contributed by atoms with van der Waals surface area (Å²) in [5, 5.41) is 13.0. The molecule has 1 saturated heterocycles. The Morgan fingerprint density at radius 1 is 1.36 bits per heavy atom. The number of nitrogens with zero attached hydrogens (tertiary/aromatic N) is 6. The van der Waals surface area contributed by atoms with Crippen LogP contribution in [0, 0.1) is 6.92 Å². The third-order valence-corrected chi connectivity index (χ3v) is 4.49. The molecule has 6 nitrogen and oxygen atoms in total. The van der Waals surface area contributed by atoms with Gasteiger partial charge in [-0.15, -0.1) is 10.2 Å². The van der Waals surface area contributed by atoms with Gasteiger partial charge in [0.2, 0.25) is 0 Å². The third-order valence-electron chi connectivity index (χ3n) is 4.49. The minimum Gasteiger partial charge on any atom is -0.317 e. The molecule has 0 radical (unpaired) electrons. The zero-order valence-electron chi connectivity index (χ0n) is 13.9. The molecule has 0 N–H and O–H groups in total. The highest BCUT2D eigenvalue weighted by Gasteiger charge is 2.25. The molecule has 2 aromatic rings. The Kier molecular flexibility index (Phi) is 4.57. The lowest BCUT2D eigenvalue weighted by atomic mass is 9.96. The summed E-state index contributed by atoms with van der Waals surface area (Å²) in [6.45, 7) is 8.51. The van der Waals surface area contributed by atoms with E-state index in [9.17, 15) is 0 Å². The number of aromatic nitrogens is 5. The third kappa shape index (κ3) is 3.21. The lowest BCUT2D eigenvalue weighted by molar-refractivity contribution is 0.194. The topological polar surface area (TPSA) is 51.8 Å². The average molecular weight is 302 g/mol. The summed E-state index contributed by atoms with van der Waals surface area (Å²) in [5.41, 5.74) is 2.47. The van der Waals surface area contributed by atoms with Gasteiger partial charge in [0.05, 0.1) is 5.69 Å². The van der Waals surface area contributed by atoms with E-state index in [-0.39, 0.29) is 0 Å². The molecule has 6 heteroatoms. The van der Waals surface area contributed by atoms with Crippen molar-refractivity contribution in [1.29, 1.82) is 0 Å². The number of piperidine rings is 1. The van der Waals surface area contributed by atoms with Crippen LogP contribution in [-0.2, 0) is 20.1 Å². The minimum absolute atomic E-state index is 0.500. The molecule has 1 aliphatic rings. The van der Waals surface area contributed by atoms with Crippen LogP contribution in [0.3, 0.4) is 0 Å². The van der Waals surface area contributed by atoms with Crippen molar-refractivity contribution in [3.05, 3.63) is 29.6 Å². The van der Waals surface area contributed by atoms with Crippen molar-refractivity contribution in [3.8, 4) is 0 Å². The van der Waals surface area contributed by atoms with Crippen LogP contribution in [0.1, 0.15) is 49.2 Å². The summed E-state index contributed by atoms with van der Waals surface area (Å²) in [6.07, 6.45) is 7.58. The zero-order valence-corrected chi connectivity index (χ0v) is 13.9. The van der Waals surface area contributed by atoms with Crippen molar-refractivity contribution in [1.82, 2.24) is 29.4 Å². The van der Waals surface area contributed by atoms with Crippen molar-refractivity contribution < 1.29 is 0 Å². The van der Waals surface area contributed by atoms with Gasteiger partial charge in [0, 0.05) is 44.4 Å². The second-order valence-electron chi connectivity index (χ2n) is 6.37. The number of likely N-dealkylation sites (tertiary alicyclic amines) is 1. The summed E-state index contributed by atoms with van der Waals surface area (Å²) in [5.74, 6) is 1.66. The van der Waals surface area contributed by atoms with Gasteiger partial charge in [-0.05, 0) is 32.7 Å². The van der Waals surface area contributed by atoms with Gasteiger partial charge < -0.3 is 4.57 Å². The highest BCUT2D eigenvalue weighted by atomic mass is 15.3. The smallest absolute Gasteiger partial charge is 0.137 e. The first kappa shape index (κ1) is 15.2. The average Bonchev–Trinajstić information content (AvgIpc) is 3.07. The molecule has 2 aromatic heterocycles. The van der Waals surface area contributed by atoms with Crippen molar-refractivity contribution in [2.75, 3.05) is 13.1 Å². The molecule has 0 amide bonds. The predicted octanol–water partition coefficient (Wildman–Crippen LogP) is 2.11. The highest BCUT2D eigenvalue weighted by Crippen LogP contribution is 2.26. The van der Waals surface area contributed by atoms with Gasteiger partial charge in [0.25, 0.3) is 0 Å². The number of hydrogen-bond donors (Lipinski definition) is 0. The van der Waals surface area contributed by atoms with Crippen LogP contribution >= 0.6 is 0 Å². The Labute approximate surface area is 132 Å². The second kappa shape index (κ2) is 6.60. The Morgan fingerprint density at radius 2 is 2.23 bits per heavy atom. The monoisotopic (exact) mass is 302 g/mol. The fourth-order valence-corrected chi connectivity index (χ4v) is 3.45. The first-order chi connectivity index (χ1) is 10.7. The van der Waals surface area contributed by atoms with Crippen LogP contribution in [0.5, 0.6) is 0 Å². The van der Waals surface area contributed by atoms with Crippen LogP contribution in [-0.4, -0.2) is 42.5 Å². The molecule has 1 aliphatic heterocycles. The SMILES string of the molecule is CCCn1cnnc1[C@H]1CCCN(Cc2cn(C)nc2C)C1. The molecule has 0 aromatic carbocycles. The fourth-order valence-electron chi connectivity index (χ4n) is 3.45. The van der Waals surface area contributed by atoms with Crippen LogP contribution in [0.2, 0.25) is 0 Å². The maximum atomic E-state index is 4.45. The number of aryl methyl sites for hydroxylation is 3. The largest absolute Gasteiger partial charge is 0.317 e. The molecule has 22 heavy (non-hydrogen) atoms. The van der Waals surface area contributed by atoms with E-state index in [1.807, 2.05) is 18.1 Å². The van der Waals surface area contributed by atoms with Crippen molar-refractivity contribution >= 4 is 0 Å². The summed E-state index contributed by atoms with van der Waals surface area (Å²) < 4.78 is 4.13. The van der Waals surface area contributed by atoms with E-state index in [0.29, 0.717) is 5.92 Å². The Morgan fingerprint density at radius 3 is 2.95 bits per heavy atom. The van der Waals surface area contributed by atoms with E-state index in [1.165, 1.54) is 18.4 Å². The minimum atomic E-state index is 0.500. The predicted molar refractivity (Wildman–Crippen MR) is 85.5 cm³/mol. The standard InChI is InChI=1S/C16H26N6/c1-4-7-22-12-17-18-16(22)14-6-5-8-21(10-14)11-15-9-20(3)19-13(15)2/h9,12,14H,4-8,10-11H2,1-3H3/t14-/m0/s1. The zero-order chi connectivity index (χ0) is 15.5. The normalized spacial score (nSPS) is 19.7.